The molecular formula is C19H28Br2O4S3. The van der Waals surface area contributed by atoms with Gasteiger partial charge in [0.1, 0.15) is 11.5 Å². The van der Waals surface area contributed by atoms with Crippen LogP contribution >= 0.6 is 31.9 Å². The Bertz CT molecular complexity index is 580. The van der Waals surface area contributed by atoms with Gasteiger partial charge in [0.25, 0.3) is 0 Å². The molecule has 4 nitrogen and oxygen atoms in total. The number of Topliss-reactive ketones (excluding diaryl/α,β-unsaturated/α-hetero) is 1. The van der Waals surface area contributed by atoms with Gasteiger partial charge >= 0.3 is 5.97 Å². The fourth-order valence-electron chi connectivity index (χ4n) is 1.95. The van der Waals surface area contributed by atoms with Crippen LogP contribution in [0, 0.1) is 0 Å². The van der Waals surface area contributed by atoms with Crippen LogP contribution in [0.2, 0.25) is 0 Å². The Morgan fingerprint density at radius 1 is 1.07 bits per heavy atom. The fourth-order valence-corrected chi connectivity index (χ4v) is 2.72. The summed E-state index contributed by atoms with van der Waals surface area (Å²) in [6.45, 7) is 2.28. The lowest BCUT2D eigenvalue weighted by Crippen LogP contribution is -1.99. The fraction of sp³-hybridized carbons (Fsp3) is 0.579. The first-order chi connectivity index (χ1) is 13.4. The zero-order valence-corrected chi connectivity index (χ0v) is 21.7. The number of aliphatic carboxylic acids is 1. The molecule has 0 fully saturated rings. The predicted molar refractivity (Wildman–Crippen MR) is 131 cm³/mol. The van der Waals surface area contributed by atoms with Gasteiger partial charge in [-0.3, -0.25) is 4.79 Å². The summed E-state index contributed by atoms with van der Waals surface area (Å²) >= 11 is 14.9. The summed E-state index contributed by atoms with van der Waals surface area (Å²) in [6.07, 6.45) is 6.92. The largest absolute Gasteiger partial charge is 0.494 e. The predicted octanol–water partition coefficient (Wildman–Crippen LogP) is 6.00. The molecule has 9 heteroatoms. The Kier molecular flexibility index (Phi) is 24.7. The van der Waals surface area contributed by atoms with Gasteiger partial charge in [0.2, 0.25) is 0 Å². The van der Waals surface area contributed by atoms with E-state index in [9.17, 15) is 9.59 Å². The summed E-state index contributed by atoms with van der Waals surface area (Å²) in [5, 5.41) is 9.50. The molecule has 0 heterocycles. The van der Waals surface area contributed by atoms with Crippen molar-refractivity contribution in [1.29, 1.82) is 0 Å². The first-order valence-electron chi connectivity index (χ1n) is 8.94. The van der Waals surface area contributed by atoms with E-state index in [-0.39, 0.29) is 6.42 Å². The third-order valence-electron chi connectivity index (χ3n) is 3.26. The van der Waals surface area contributed by atoms with E-state index in [1.807, 2.05) is 24.3 Å². The second-order valence-electron chi connectivity index (χ2n) is 5.78. The molecule has 0 aliphatic carbocycles. The molecule has 0 aliphatic heterocycles. The van der Waals surface area contributed by atoms with E-state index in [0.29, 0.717) is 12.4 Å². The van der Waals surface area contributed by atoms with Crippen LogP contribution in [0.25, 0.3) is 0 Å². The first-order valence-corrected chi connectivity index (χ1v) is 13.5. The SMILES string of the molecule is CC(=O)CCCCCBr.O=C(O)CCCCCOc1cccc(Br)c1.S=S=S. The Labute approximate surface area is 197 Å². The van der Waals surface area contributed by atoms with Crippen molar-refractivity contribution in [3.8, 4) is 5.75 Å². The molecule has 1 aromatic rings. The monoisotopic (exact) mass is 574 g/mol. The molecule has 0 aliphatic rings. The van der Waals surface area contributed by atoms with Gasteiger partial charge in [0.15, 0.2) is 0 Å². The summed E-state index contributed by atoms with van der Waals surface area (Å²) in [7, 11) is 0.917. The lowest BCUT2D eigenvalue weighted by molar-refractivity contribution is -0.137. The molecule has 0 amide bonds. The van der Waals surface area contributed by atoms with Crippen molar-refractivity contribution in [2.75, 3.05) is 11.9 Å². The quantitative estimate of drug-likeness (QED) is 0.244. The van der Waals surface area contributed by atoms with Crippen LogP contribution in [-0.2, 0) is 40.8 Å². The number of halogens is 2. The number of ketones is 1. The molecule has 0 bridgehead atoms. The first kappa shape index (κ1) is 30.0. The van der Waals surface area contributed by atoms with Gasteiger partial charge in [-0.15, -0.1) is 0 Å². The van der Waals surface area contributed by atoms with Gasteiger partial charge in [-0.25, -0.2) is 0 Å². The smallest absolute Gasteiger partial charge is 0.303 e. The Morgan fingerprint density at radius 2 is 1.68 bits per heavy atom. The van der Waals surface area contributed by atoms with Gasteiger partial charge in [-0.1, -0.05) is 44.3 Å². The maximum absolute atomic E-state index is 10.4. The van der Waals surface area contributed by atoms with Crippen LogP contribution < -0.4 is 4.74 Å². The van der Waals surface area contributed by atoms with Gasteiger partial charge in [-0.2, -0.15) is 0 Å². The van der Waals surface area contributed by atoms with Crippen molar-refractivity contribution in [3.63, 3.8) is 0 Å². The van der Waals surface area contributed by atoms with Crippen LogP contribution in [0.15, 0.2) is 28.7 Å². The molecule has 28 heavy (non-hydrogen) atoms. The van der Waals surface area contributed by atoms with Crippen molar-refractivity contribution in [3.05, 3.63) is 28.7 Å². The van der Waals surface area contributed by atoms with Crippen LogP contribution in [0.5, 0.6) is 5.75 Å². The number of unbranched alkanes of at least 4 members (excludes halogenated alkanes) is 4. The number of carboxylic acid groups (broad SMARTS) is 1. The minimum absolute atomic E-state index is 0.247. The van der Waals surface area contributed by atoms with Crippen molar-refractivity contribution >= 4 is 74.9 Å². The average molecular weight is 576 g/mol. The number of alkyl halides is 1. The minimum atomic E-state index is -0.729. The maximum Gasteiger partial charge on any atom is 0.303 e. The molecule has 0 saturated carbocycles. The molecule has 0 unspecified atom stereocenters. The van der Waals surface area contributed by atoms with E-state index < -0.39 is 5.97 Å². The third kappa shape index (κ3) is 25.8. The number of ether oxygens (including phenoxy) is 1. The number of hydrogen-bond acceptors (Lipinski definition) is 5. The van der Waals surface area contributed by atoms with Gasteiger partial charge in [-0.05, 0) is 57.2 Å². The zero-order valence-electron chi connectivity index (χ0n) is 16.0. The second-order valence-corrected chi connectivity index (χ2v) is 9.26. The van der Waals surface area contributed by atoms with E-state index in [2.05, 4.69) is 54.2 Å². The molecule has 1 aromatic carbocycles. The van der Waals surface area contributed by atoms with Gasteiger partial charge in [0.05, 0.1) is 6.61 Å². The number of carbonyl (C=O) groups excluding carboxylic acids is 1. The van der Waals surface area contributed by atoms with Crippen LogP contribution in [0.3, 0.4) is 0 Å². The number of benzene rings is 1. The van der Waals surface area contributed by atoms with Crippen molar-refractivity contribution in [2.24, 2.45) is 0 Å². The Balaban J connectivity index is 0. The topological polar surface area (TPSA) is 63.6 Å². The maximum atomic E-state index is 10.4. The molecule has 160 valence electrons. The van der Waals surface area contributed by atoms with Crippen LogP contribution in [0.4, 0.5) is 0 Å². The molecule has 0 saturated heterocycles. The highest BCUT2D eigenvalue weighted by Crippen LogP contribution is 2.18. The normalized spacial score (nSPS) is 9.25. The van der Waals surface area contributed by atoms with Crippen molar-refractivity contribution < 1.29 is 19.4 Å². The molecule has 0 aromatic heterocycles. The number of hydrogen-bond donors (Lipinski definition) is 1. The number of carbonyl (C=O) groups is 2. The Morgan fingerprint density at radius 3 is 2.21 bits per heavy atom. The zero-order chi connectivity index (χ0) is 21.6. The van der Waals surface area contributed by atoms with E-state index in [1.54, 1.807) is 6.92 Å². The molecule has 0 atom stereocenters. The highest BCUT2D eigenvalue weighted by atomic mass is 79.9. The number of rotatable bonds is 12. The van der Waals surface area contributed by atoms with Gasteiger partial charge < -0.3 is 14.6 Å². The summed E-state index contributed by atoms with van der Waals surface area (Å²) < 4.78 is 6.51. The molecule has 0 radical (unpaired) electrons. The second kappa shape index (κ2) is 23.1. The van der Waals surface area contributed by atoms with Crippen molar-refractivity contribution in [1.82, 2.24) is 0 Å². The van der Waals surface area contributed by atoms with Crippen molar-refractivity contribution in [2.45, 2.75) is 58.3 Å². The average Bonchev–Trinajstić information content (AvgIpc) is 2.63. The lowest BCUT2D eigenvalue weighted by atomic mass is 10.2. The van der Waals surface area contributed by atoms with E-state index in [0.717, 1.165) is 56.5 Å². The van der Waals surface area contributed by atoms with Gasteiger partial charge in [0, 0.05) is 53.9 Å². The molecule has 0 spiro atoms. The highest BCUT2D eigenvalue weighted by Gasteiger charge is 1.97. The molecular weight excluding hydrogens is 548 g/mol. The van der Waals surface area contributed by atoms with E-state index in [4.69, 9.17) is 9.84 Å². The Hall–Kier alpha value is -0.220. The lowest BCUT2D eigenvalue weighted by Gasteiger charge is -2.05. The summed E-state index contributed by atoms with van der Waals surface area (Å²) in [5.41, 5.74) is 0. The summed E-state index contributed by atoms with van der Waals surface area (Å²) in [5.74, 6) is 0.421. The minimum Gasteiger partial charge on any atom is -0.494 e. The van der Waals surface area contributed by atoms with Crippen LogP contribution in [-0.4, -0.2) is 28.8 Å². The van der Waals surface area contributed by atoms with E-state index >= 15 is 0 Å². The van der Waals surface area contributed by atoms with Crippen LogP contribution in [0.1, 0.15) is 58.3 Å². The number of carboxylic acids is 1. The third-order valence-corrected chi connectivity index (χ3v) is 4.32. The molecule has 1 N–H and O–H groups in total. The van der Waals surface area contributed by atoms with E-state index in [1.165, 1.54) is 12.8 Å². The molecule has 1 rings (SSSR count). The summed E-state index contributed by atoms with van der Waals surface area (Å²) in [6, 6.07) is 7.68. The standard InChI is InChI=1S/C12H15BrO3.C7H13BrO.S3/c13-10-5-4-6-11(9-10)16-8-3-1-2-7-12(14)15;1-7(9)5-3-2-4-6-8;1-3-2/h4-6,9H,1-3,7-8H2,(H,14,15);2-6H2,1H3;. The highest BCUT2D eigenvalue weighted by molar-refractivity contribution is 9.10. The summed E-state index contributed by atoms with van der Waals surface area (Å²) in [4.78, 5) is 20.6.